The van der Waals surface area contributed by atoms with Gasteiger partial charge in [-0.2, -0.15) is 0 Å². The Balaban J connectivity index is 2.08. The molecule has 0 aromatic heterocycles. The zero-order valence-corrected chi connectivity index (χ0v) is 26.0. The summed E-state index contributed by atoms with van der Waals surface area (Å²) in [5, 5.41) is 3.87. The lowest BCUT2D eigenvalue weighted by atomic mass is 10.1. The maximum Gasteiger partial charge on any atom is 0.264 e. The highest BCUT2D eigenvalue weighted by Crippen LogP contribution is 2.29. The second-order valence-corrected chi connectivity index (χ2v) is 12.2. The number of hydrogen-bond acceptors (Lipinski definition) is 5. The molecule has 0 saturated heterocycles. The molecule has 1 N–H and O–H groups in total. The van der Waals surface area contributed by atoms with Crippen LogP contribution in [0.25, 0.3) is 0 Å². The second kappa shape index (κ2) is 14.8. The molecule has 0 heterocycles. The number of carbonyl (C=O) groups excluding carboxylic acids is 2. The van der Waals surface area contributed by atoms with Gasteiger partial charge in [-0.25, -0.2) is 8.42 Å². The van der Waals surface area contributed by atoms with Crippen LogP contribution in [0.4, 0.5) is 5.69 Å². The van der Waals surface area contributed by atoms with E-state index in [-0.39, 0.29) is 29.5 Å². The van der Waals surface area contributed by atoms with Gasteiger partial charge in [0, 0.05) is 33.7 Å². The predicted octanol–water partition coefficient (Wildman–Crippen LogP) is 6.18. The molecule has 0 spiro atoms. The van der Waals surface area contributed by atoms with Crippen molar-refractivity contribution in [1.82, 2.24) is 10.2 Å². The van der Waals surface area contributed by atoms with E-state index in [4.69, 9.17) is 39.5 Å². The highest BCUT2D eigenvalue weighted by molar-refractivity contribution is 7.92. The SMILES string of the molecule is CCCNC(=O)[C@H](CC)N(Cc1c(Cl)cccc1Cl)C(=O)CN(c1ccc(Cl)cc1)S(=O)(=O)c1ccc(OC)cc1. The second-order valence-electron chi connectivity index (χ2n) is 9.10. The molecule has 0 bridgehead atoms. The number of amides is 2. The lowest BCUT2D eigenvalue weighted by Crippen LogP contribution is -2.52. The van der Waals surface area contributed by atoms with Gasteiger partial charge in [0.2, 0.25) is 11.8 Å². The number of carbonyl (C=O) groups is 2. The van der Waals surface area contributed by atoms with Gasteiger partial charge in [-0.05, 0) is 73.5 Å². The van der Waals surface area contributed by atoms with E-state index < -0.39 is 28.5 Å². The Bertz CT molecular complexity index is 1430. The molecular formula is C29H32Cl3N3O5S. The first kappa shape index (κ1) is 32.5. The van der Waals surface area contributed by atoms with Crippen molar-refractivity contribution in [2.75, 3.05) is 24.5 Å². The molecule has 2 amide bonds. The Kier molecular flexibility index (Phi) is 11.7. The van der Waals surface area contributed by atoms with Crippen molar-refractivity contribution in [3.63, 3.8) is 0 Å². The molecule has 3 rings (SSSR count). The largest absolute Gasteiger partial charge is 0.497 e. The molecule has 0 radical (unpaired) electrons. The van der Waals surface area contributed by atoms with Crippen LogP contribution in [0.2, 0.25) is 15.1 Å². The minimum Gasteiger partial charge on any atom is -0.497 e. The van der Waals surface area contributed by atoms with Gasteiger partial charge in [0.15, 0.2) is 0 Å². The van der Waals surface area contributed by atoms with Crippen LogP contribution in [0.3, 0.4) is 0 Å². The highest BCUT2D eigenvalue weighted by atomic mass is 35.5. The number of nitrogens with zero attached hydrogens (tertiary/aromatic N) is 2. The Hall–Kier alpha value is -2.98. The normalized spacial score (nSPS) is 12.0. The maximum atomic E-state index is 14.1. The van der Waals surface area contributed by atoms with Gasteiger partial charge < -0.3 is 15.0 Å². The van der Waals surface area contributed by atoms with Crippen LogP contribution in [0, 0.1) is 0 Å². The van der Waals surface area contributed by atoms with E-state index in [1.165, 1.54) is 60.5 Å². The van der Waals surface area contributed by atoms with E-state index in [0.717, 1.165) is 4.31 Å². The standard InChI is InChI=1S/C29H32Cl3N3O5S/c1-4-17-33-29(37)27(5-2)34(18-24-25(31)7-6-8-26(24)32)28(36)19-35(21-11-9-20(30)10-12-21)41(38,39)23-15-13-22(40-3)14-16-23/h6-16,27H,4-5,17-19H2,1-3H3,(H,33,37)/t27-/m0/s1. The van der Waals surface area contributed by atoms with Gasteiger partial charge in [0.05, 0.1) is 17.7 Å². The fourth-order valence-corrected chi connectivity index (χ4v) is 6.21. The van der Waals surface area contributed by atoms with Gasteiger partial charge in [-0.3, -0.25) is 13.9 Å². The molecule has 0 aliphatic carbocycles. The lowest BCUT2D eigenvalue weighted by molar-refractivity contribution is -0.140. The number of sulfonamides is 1. The minimum absolute atomic E-state index is 0.0468. The van der Waals surface area contributed by atoms with E-state index in [9.17, 15) is 18.0 Å². The molecule has 8 nitrogen and oxygen atoms in total. The monoisotopic (exact) mass is 639 g/mol. The summed E-state index contributed by atoms with van der Waals surface area (Å²) < 4.78 is 34.0. The number of nitrogens with one attached hydrogen (secondary N) is 1. The van der Waals surface area contributed by atoms with Gasteiger partial charge in [-0.1, -0.05) is 54.7 Å². The molecule has 0 aliphatic rings. The summed E-state index contributed by atoms with van der Waals surface area (Å²) >= 11 is 18.9. The summed E-state index contributed by atoms with van der Waals surface area (Å²) in [5.41, 5.74) is 0.666. The topological polar surface area (TPSA) is 96.0 Å². The molecule has 3 aromatic rings. The number of halogens is 3. The number of rotatable bonds is 13. The smallest absolute Gasteiger partial charge is 0.264 e. The maximum absolute atomic E-state index is 14.1. The summed E-state index contributed by atoms with van der Waals surface area (Å²) in [6.45, 7) is 3.41. The first-order valence-electron chi connectivity index (χ1n) is 13.0. The lowest BCUT2D eigenvalue weighted by Gasteiger charge is -2.33. The molecule has 220 valence electrons. The number of benzene rings is 3. The summed E-state index contributed by atoms with van der Waals surface area (Å²) in [6.07, 6.45) is 0.979. The predicted molar refractivity (Wildman–Crippen MR) is 163 cm³/mol. The summed E-state index contributed by atoms with van der Waals surface area (Å²) in [7, 11) is -2.77. The van der Waals surface area contributed by atoms with Crippen LogP contribution in [-0.2, 0) is 26.2 Å². The summed E-state index contributed by atoms with van der Waals surface area (Å²) in [4.78, 5) is 28.5. The average molecular weight is 641 g/mol. The Morgan fingerprint density at radius 1 is 0.927 bits per heavy atom. The van der Waals surface area contributed by atoms with Crippen molar-refractivity contribution in [3.05, 3.63) is 87.4 Å². The molecule has 0 saturated carbocycles. The van der Waals surface area contributed by atoms with Gasteiger partial charge in [0.25, 0.3) is 10.0 Å². The van der Waals surface area contributed by atoms with Crippen molar-refractivity contribution in [2.24, 2.45) is 0 Å². The summed E-state index contributed by atoms with van der Waals surface area (Å²) in [6, 6.07) is 16.0. The van der Waals surface area contributed by atoms with Crippen molar-refractivity contribution in [1.29, 1.82) is 0 Å². The molecule has 0 unspecified atom stereocenters. The van der Waals surface area contributed by atoms with Gasteiger partial charge in [0.1, 0.15) is 18.3 Å². The zero-order chi connectivity index (χ0) is 30.2. The molecule has 41 heavy (non-hydrogen) atoms. The Labute approximate surface area is 256 Å². The van der Waals surface area contributed by atoms with Gasteiger partial charge >= 0.3 is 0 Å². The molecule has 0 aliphatic heterocycles. The van der Waals surface area contributed by atoms with E-state index in [2.05, 4.69) is 5.32 Å². The van der Waals surface area contributed by atoms with E-state index in [1.54, 1.807) is 25.1 Å². The number of methoxy groups -OCH3 is 1. The summed E-state index contributed by atoms with van der Waals surface area (Å²) in [5.74, 6) is -0.502. The molecular weight excluding hydrogens is 609 g/mol. The van der Waals surface area contributed by atoms with Crippen LogP contribution < -0.4 is 14.4 Å². The molecule has 12 heteroatoms. The molecule has 0 fully saturated rings. The quantitative estimate of drug-likeness (QED) is 0.241. The number of hydrogen-bond donors (Lipinski definition) is 1. The van der Waals surface area contributed by atoms with E-state index in [1.807, 2.05) is 6.92 Å². The molecule has 1 atom stereocenters. The third-order valence-corrected chi connectivity index (χ3v) is 9.11. The minimum atomic E-state index is -4.24. The van der Waals surface area contributed by atoms with E-state index >= 15 is 0 Å². The van der Waals surface area contributed by atoms with Crippen molar-refractivity contribution < 1.29 is 22.7 Å². The average Bonchev–Trinajstić information content (AvgIpc) is 2.96. The fraction of sp³-hybridized carbons (Fsp3) is 0.310. The van der Waals surface area contributed by atoms with Crippen molar-refractivity contribution >= 4 is 62.3 Å². The third-order valence-electron chi connectivity index (χ3n) is 6.37. The zero-order valence-electron chi connectivity index (χ0n) is 22.9. The Morgan fingerprint density at radius 3 is 2.07 bits per heavy atom. The number of anilines is 1. The van der Waals surface area contributed by atoms with Crippen LogP contribution in [0.15, 0.2) is 71.6 Å². The van der Waals surface area contributed by atoms with Crippen LogP contribution in [0.1, 0.15) is 32.3 Å². The molecule has 3 aromatic carbocycles. The van der Waals surface area contributed by atoms with Crippen molar-refractivity contribution in [3.8, 4) is 5.75 Å². The van der Waals surface area contributed by atoms with Crippen LogP contribution in [-0.4, -0.2) is 51.4 Å². The van der Waals surface area contributed by atoms with Crippen LogP contribution >= 0.6 is 34.8 Å². The van der Waals surface area contributed by atoms with Crippen molar-refractivity contribution in [2.45, 2.75) is 44.2 Å². The van der Waals surface area contributed by atoms with E-state index in [0.29, 0.717) is 39.3 Å². The highest BCUT2D eigenvalue weighted by Gasteiger charge is 2.34. The van der Waals surface area contributed by atoms with Crippen LogP contribution in [0.5, 0.6) is 5.75 Å². The Morgan fingerprint density at radius 2 is 1.54 bits per heavy atom. The van der Waals surface area contributed by atoms with Gasteiger partial charge in [-0.15, -0.1) is 0 Å². The first-order chi connectivity index (χ1) is 19.5. The first-order valence-corrected chi connectivity index (χ1v) is 15.5. The third kappa shape index (κ3) is 8.07. The fourth-order valence-electron chi connectivity index (χ4n) is 4.15. The number of ether oxygens (including phenoxy) is 1.